The molecule has 1 amide bonds. The van der Waals surface area contributed by atoms with Crippen LogP contribution in [0.2, 0.25) is 0 Å². The van der Waals surface area contributed by atoms with Gasteiger partial charge in [-0.1, -0.05) is 6.07 Å². The van der Waals surface area contributed by atoms with Crippen LogP contribution in [0.1, 0.15) is 36.4 Å². The van der Waals surface area contributed by atoms with Gasteiger partial charge in [0.05, 0.1) is 11.5 Å². The average Bonchev–Trinajstić information content (AvgIpc) is 2.63. The van der Waals surface area contributed by atoms with Crippen LogP contribution >= 0.6 is 0 Å². The van der Waals surface area contributed by atoms with Crippen molar-refractivity contribution in [2.24, 2.45) is 11.8 Å². The molecule has 4 heterocycles. The Balaban J connectivity index is 1.52. The molecule has 0 saturated carbocycles. The van der Waals surface area contributed by atoms with Crippen molar-refractivity contribution in [1.82, 2.24) is 14.4 Å². The summed E-state index contributed by atoms with van der Waals surface area (Å²) in [5.74, 6) is 0.643. The number of nitrogens with zero attached hydrogens (tertiary/aromatic N) is 3. The highest BCUT2D eigenvalue weighted by Crippen LogP contribution is 2.36. The minimum Gasteiger partial charge on any atom is -0.341 e. The summed E-state index contributed by atoms with van der Waals surface area (Å²) in [7, 11) is 0.948. The van der Waals surface area contributed by atoms with E-state index in [1.54, 1.807) is 0 Å². The number of sulfone groups is 1. The number of amides is 1. The molecule has 0 aromatic carbocycles. The smallest absolute Gasteiger partial charge is 0.255 e. The maximum absolute atomic E-state index is 13.0. The van der Waals surface area contributed by atoms with Crippen LogP contribution in [0.3, 0.4) is 0 Å². The molecule has 2 fully saturated rings. The third-order valence-electron chi connectivity index (χ3n) is 6.39. The first-order chi connectivity index (χ1) is 13.2. The molecule has 3 aliphatic heterocycles. The molecule has 154 valence electrons. The van der Waals surface area contributed by atoms with Gasteiger partial charge in [0.25, 0.3) is 5.56 Å². The maximum atomic E-state index is 13.0. The summed E-state index contributed by atoms with van der Waals surface area (Å²) in [5.41, 5.74) is 1.94. The second-order valence-corrected chi connectivity index (χ2v) is 11.2. The molecule has 2 saturated heterocycles. The van der Waals surface area contributed by atoms with Crippen molar-refractivity contribution < 1.29 is 13.2 Å². The first kappa shape index (κ1) is 19.6. The Morgan fingerprint density at radius 3 is 2.54 bits per heavy atom. The van der Waals surface area contributed by atoms with Gasteiger partial charge in [0.15, 0.2) is 0 Å². The number of hydrogen-bond acceptors (Lipinski definition) is 5. The molecule has 2 bridgehead atoms. The van der Waals surface area contributed by atoms with E-state index in [0.717, 1.165) is 17.7 Å². The number of pyridine rings is 1. The summed E-state index contributed by atoms with van der Waals surface area (Å²) in [5, 5.41) is 0. The normalized spacial score (nSPS) is 26.9. The van der Waals surface area contributed by atoms with E-state index in [0.29, 0.717) is 39.0 Å². The van der Waals surface area contributed by atoms with E-state index >= 15 is 0 Å². The van der Waals surface area contributed by atoms with Gasteiger partial charge in [-0.3, -0.25) is 9.59 Å². The molecular weight excluding hydrogens is 378 g/mol. The van der Waals surface area contributed by atoms with Crippen LogP contribution in [0, 0.1) is 11.8 Å². The summed E-state index contributed by atoms with van der Waals surface area (Å²) in [4.78, 5) is 29.8. The van der Waals surface area contributed by atoms with Gasteiger partial charge >= 0.3 is 0 Å². The molecule has 8 heteroatoms. The SMILES string of the molecule is CN(C)Cc1ccc2n(c1=O)C[C@H]1C[C@@H]2CN(C(=O)C2CCS(=O)(=O)CC2)C1. The lowest BCUT2D eigenvalue weighted by molar-refractivity contribution is -0.138. The molecule has 4 rings (SSSR count). The molecule has 0 unspecified atom stereocenters. The Hall–Kier alpha value is -1.67. The van der Waals surface area contributed by atoms with Crippen LogP contribution < -0.4 is 5.56 Å². The van der Waals surface area contributed by atoms with Gasteiger partial charge in [0, 0.05) is 49.3 Å². The van der Waals surface area contributed by atoms with Crippen molar-refractivity contribution in [3.63, 3.8) is 0 Å². The van der Waals surface area contributed by atoms with Crippen LogP contribution in [0.4, 0.5) is 0 Å². The first-order valence-electron chi connectivity index (χ1n) is 10.1. The third kappa shape index (κ3) is 3.76. The predicted molar refractivity (Wildman–Crippen MR) is 107 cm³/mol. The molecule has 7 nitrogen and oxygen atoms in total. The highest BCUT2D eigenvalue weighted by atomic mass is 32.2. The number of likely N-dealkylation sites (tertiary alicyclic amines) is 1. The van der Waals surface area contributed by atoms with Crippen molar-refractivity contribution in [3.05, 3.63) is 33.7 Å². The summed E-state index contributed by atoms with van der Waals surface area (Å²) in [6, 6.07) is 3.99. The Labute approximate surface area is 166 Å². The molecule has 0 aliphatic carbocycles. The molecule has 28 heavy (non-hydrogen) atoms. The zero-order chi connectivity index (χ0) is 20.1. The van der Waals surface area contributed by atoms with E-state index in [9.17, 15) is 18.0 Å². The fraction of sp³-hybridized carbons (Fsp3) is 0.700. The van der Waals surface area contributed by atoms with Crippen molar-refractivity contribution >= 4 is 15.7 Å². The van der Waals surface area contributed by atoms with Crippen molar-refractivity contribution in [3.8, 4) is 0 Å². The number of carbonyl (C=O) groups is 1. The summed E-state index contributed by atoms with van der Waals surface area (Å²) >= 11 is 0. The van der Waals surface area contributed by atoms with Gasteiger partial charge in [-0.25, -0.2) is 8.42 Å². The van der Waals surface area contributed by atoms with Crippen LogP contribution in [-0.4, -0.2) is 67.4 Å². The molecule has 1 aromatic heterocycles. The maximum Gasteiger partial charge on any atom is 0.255 e. The Morgan fingerprint density at radius 2 is 1.86 bits per heavy atom. The van der Waals surface area contributed by atoms with Gasteiger partial charge in [-0.2, -0.15) is 0 Å². The molecule has 0 radical (unpaired) electrons. The summed E-state index contributed by atoms with van der Waals surface area (Å²) < 4.78 is 25.2. The van der Waals surface area contributed by atoms with E-state index < -0.39 is 9.84 Å². The van der Waals surface area contributed by atoms with Crippen LogP contribution in [0.25, 0.3) is 0 Å². The molecular formula is C20H29N3O4S. The Morgan fingerprint density at radius 1 is 1.14 bits per heavy atom. The Bertz CT molecular complexity index is 923. The van der Waals surface area contributed by atoms with Gasteiger partial charge in [-0.05, 0) is 45.3 Å². The topological polar surface area (TPSA) is 79.7 Å². The lowest BCUT2D eigenvalue weighted by atomic mass is 9.82. The number of rotatable bonds is 3. The second-order valence-electron chi connectivity index (χ2n) is 8.90. The monoisotopic (exact) mass is 407 g/mol. The number of piperidine rings is 1. The average molecular weight is 408 g/mol. The number of hydrogen-bond donors (Lipinski definition) is 0. The number of fused-ring (bicyclic) bond motifs is 4. The van der Waals surface area contributed by atoms with Crippen molar-refractivity contribution in [2.45, 2.75) is 38.3 Å². The third-order valence-corrected chi connectivity index (χ3v) is 8.10. The molecule has 0 N–H and O–H groups in total. The van der Waals surface area contributed by atoms with E-state index in [2.05, 4.69) is 6.07 Å². The zero-order valence-electron chi connectivity index (χ0n) is 16.6. The molecule has 3 aliphatic rings. The number of carbonyl (C=O) groups excluding carboxylic acids is 1. The fourth-order valence-electron chi connectivity index (χ4n) is 5.03. The van der Waals surface area contributed by atoms with Crippen LogP contribution in [0.5, 0.6) is 0 Å². The lowest BCUT2D eigenvalue weighted by Crippen LogP contribution is -2.51. The molecule has 1 aromatic rings. The minimum absolute atomic E-state index is 0.0955. The Kier molecular flexibility index (Phi) is 5.12. The van der Waals surface area contributed by atoms with Gasteiger partial charge < -0.3 is 14.4 Å². The van der Waals surface area contributed by atoms with Crippen LogP contribution in [0.15, 0.2) is 16.9 Å². The molecule has 0 spiro atoms. The largest absolute Gasteiger partial charge is 0.341 e. The van der Waals surface area contributed by atoms with Gasteiger partial charge in [0.2, 0.25) is 5.91 Å². The minimum atomic E-state index is -2.96. The lowest BCUT2D eigenvalue weighted by Gasteiger charge is -2.44. The molecule has 2 atom stereocenters. The van der Waals surface area contributed by atoms with Crippen molar-refractivity contribution in [2.75, 3.05) is 38.7 Å². The van der Waals surface area contributed by atoms with Gasteiger partial charge in [0.1, 0.15) is 9.84 Å². The first-order valence-corrected chi connectivity index (χ1v) is 11.9. The highest BCUT2D eigenvalue weighted by Gasteiger charge is 2.39. The van der Waals surface area contributed by atoms with E-state index in [4.69, 9.17) is 0 Å². The number of aromatic nitrogens is 1. The fourth-order valence-corrected chi connectivity index (χ4v) is 6.52. The van der Waals surface area contributed by atoms with E-state index in [1.807, 2.05) is 34.5 Å². The zero-order valence-corrected chi connectivity index (χ0v) is 17.5. The summed E-state index contributed by atoms with van der Waals surface area (Å²) in [6.07, 6.45) is 1.89. The van der Waals surface area contributed by atoms with E-state index in [1.165, 1.54) is 0 Å². The highest BCUT2D eigenvalue weighted by molar-refractivity contribution is 7.91. The second kappa shape index (κ2) is 7.30. The summed E-state index contributed by atoms with van der Waals surface area (Å²) in [6.45, 7) is 2.59. The quantitative estimate of drug-likeness (QED) is 0.736. The predicted octanol–water partition coefficient (Wildman–Crippen LogP) is 0.680. The van der Waals surface area contributed by atoms with E-state index in [-0.39, 0.29) is 40.7 Å². The standard InChI is InChI=1S/C20H29N3O4S/c1-21(2)12-16-3-4-18-17-9-14(11-23(18)20(16)25)10-22(13-17)19(24)15-5-7-28(26,27)8-6-15/h3-4,14-15,17H,5-13H2,1-2H3/t14-,17+/m0/s1. The van der Waals surface area contributed by atoms with Crippen molar-refractivity contribution in [1.29, 1.82) is 0 Å². The van der Waals surface area contributed by atoms with Gasteiger partial charge in [-0.15, -0.1) is 0 Å². The van der Waals surface area contributed by atoms with Crippen LogP contribution in [-0.2, 0) is 27.7 Å².